The van der Waals surface area contributed by atoms with Gasteiger partial charge in [-0.25, -0.2) is 4.98 Å². The second-order valence-electron chi connectivity index (χ2n) is 8.53. The lowest BCUT2D eigenvalue weighted by molar-refractivity contribution is 0.337. The highest BCUT2D eigenvalue weighted by atomic mass is 32.2. The Bertz CT molecular complexity index is 1660. The van der Waals surface area contributed by atoms with Crippen LogP contribution in [0.5, 0.6) is 5.75 Å². The van der Waals surface area contributed by atoms with E-state index in [9.17, 15) is 0 Å². The van der Waals surface area contributed by atoms with E-state index in [-0.39, 0.29) is 0 Å². The van der Waals surface area contributed by atoms with Crippen LogP contribution in [0.1, 0.15) is 12.5 Å². The van der Waals surface area contributed by atoms with Crippen LogP contribution in [0.25, 0.3) is 39.2 Å². The van der Waals surface area contributed by atoms with Gasteiger partial charge in [0.2, 0.25) is 5.16 Å². The van der Waals surface area contributed by atoms with E-state index in [1.165, 1.54) is 11.8 Å². The molecule has 0 amide bonds. The molecule has 0 radical (unpaired) electrons. The summed E-state index contributed by atoms with van der Waals surface area (Å²) < 4.78 is 5.88. The van der Waals surface area contributed by atoms with Crippen molar-refractivity contribution in [3.63, 3.8) is 0 Å². The van der Waals surface area contributed by atoms with Gasteiger partial charge < -0.3 is 4.74 Å². The zero-order valence-corrected chi connectivity index (χ0v) is 21.5. The van der Waals surface area contributed by atoms with Crippen molar-refractivity contribution < 1.29 is 4.74 Å². The van der Waals surface area contributed by atoms with Crippen molar-refractivity contribution in [1.82, 2.24) is 30.2 Å². The van der Waals surface area contributed by atoms with E-state index in [1.54, 1.807) is 4.80 Å². The third kappa shape index (κ3) is 4.99. The molecule has 0 bridgehead atoms. The van der Waals surface area contributed by atoms with Gasteiger partial charge in [0.05, 0.1) is 6.61 Å². The van der Waals surface area contributed by atoms with Gasteiger partial charge in [-0.2, -0.15) is 0 Å². The van der Waals surface area contributed by atoms with E-state index in [2.05, 4.69) is 32.5 Å². The van der Waals surface area contributed by atoms with Gasteiger partial charge in [-0.15, -0.1) is 25.2 Å². The summed E-state index contributed by atoms with van der Waals surface area (Å²) in [5.41, 5.74) is 7.11. The quantitative estimate of drug-likeness (QED) is 0.210. The molecule has 6 rings (SSSR count). The van der Waals surface area contributed by atoms with Crippen molar-refractivity contribution >= 4 is 22.8 Å². The fourth-order valence-electron chi connectivity index (χ4n) is 4.16. The van der Waals surface area contributed by atoms with Gasteiger partial charge in [0.1, 0.15) is 33.9 Å². The smallest absolute Gasteiger partial charge is 0.210 e. The lowest BCUT2D eigenvalue weighted by Gasteiger charge is -2.12. The second kappa shape index (κ2) is 10.8. The molecule has 7 nitrogen and oxygen atoms in total. The molecule has 6 aromatic rings. The Labute approximate surface area is 224 Å². The highest BCUT2D eigenvalue weighted by Crippen LogP contribution is 2.31. The fraction of sp³-hybridized carbons (Fsp3) is 0.100. The average Bonchev–Trinajstić information content (AvgIpc) is 3.42. The zero-order chi connectivity index (χ0) is 25.7. The lowest BCUT2D eigenvalue weighted by atomic mass is 10.0. The number of hydrogen-bond donors (Lipinski definition) is 0. The molecule has 0 saturated carbocycles. The zero-order valence-electron chi connectivity index (χ0n) is 20.7. The third-order valence-corrected chi connectivity index (χ3v) is 6.86. The minimum atomic E-state index is 0.553. The van der Waals surface area contributed by atoms with Gasteiger partial charge in [0, 0.05) is 16.9 Å². The van der Waals surface area contributed by atoms with Crippen LogP contribution in [0.3, 0.4) is 0 Å². The predicted octanol–water partition coefficient (Wildman–Crippen LogP) is 6.63. The summed E-state index contributed by atoms with van der Waals surface area (Å²) in [6.07, 6.45) is 0. The number of nitrogens with zero attached hydrogens (tertiary/aromatic N) is 6. The average molecular weight is 517 g/mol. The Balaban J connectivity index is 1.31. The number of ether oxygens (including phenoxy) is 1. The summed E-state index contributed by atoms with van der Waals surface area (Å²) in [6.45, 7) is 2.52. The monoisotopic (exact) mass is 516 g/mol. The number of thioether (sulfide) groups is 1. The Morgan fingerprint density at radius 2 is 1.34 bits per heavy atom. The van der Waals surface area contributed by atoms with Gasteiger partial charge in [0.15, 0.2) is 0 Å². The minimum Gasteiger partial charge on any atom is -0.492 e. The Morgan fingerprint density at radius 3 is 2.00 bits per heavy atom. The molecule has 0 saturated heterocycles. The van der Waals surface area contributed by atoms with Crippen LogP contribution in [0.2, 0.25) is 0 Å². The van der Waals surface area contributed by atoms with Crippen LogP contribution in [-0.4, -0.2) is 36.8 Å². The van der Waals surface area contributed by atoms with Crippen molar-refractivity contribution in [2.24, 2.45) is 0 Å². The van der Waals surface area contributed by atoms with Crippen LogP contribution in [0, 0.1) is 0 Å². The Kier molecular flexibility index (Phi) is 6.78. The normalized spacial score (nSPS) is 11.1. The summed E-state index contributed by atoms with van der Waals surface area (Å²) in [6, 6.07) is 34.0. The molecule has 0 aliphatic carbocycles. The molecular weight excluding hydrogens is 492 g/mol. The molecule has 0 fully saturated rings. The van der Waals surface area contributed by atoms with Crippen LogP contribution in [0.15, 0.2) is 108 Å². The van der Waals surface area contributed by atoms with Gasteiger partial charge >= 0.3 is 0 Å². The molecule has 2 aromatic heterocycles. The highest BCUT2D eigenvalue weighted by Gasteiger charge is 2.15. The number of fused-ring (bicyclic) bond motifs is 1. The summed E-state index contributed by atoms with van der Waals surface area (Å²) in [4.78, 5) is 6.57. The van der Waals surface area contributed by atoms with Crippen molar-refractivity contribution in [2.45, 2.75) is 17.8 Å². The molecule has 4 aromatic carbocycles. The third-order valence-electron chi connectivity index (χ3n) is 5.95. The summed E-state index contributed by atoms with van der Waals surface area (Å²) in [5, 5.41) is 19.0. The fourth-order valence-corrected chi connectivity index (χ4v) is 4.89. The maximum atomic E-state index is 5.88. The number of rotatable bonds is 8. The van der Waals surface area contributed by atoms with E-state index in [4.69, 9.17) is 9.72 Å². The van der Waals surface area contributed by atoms with E-state index in [1.807, 2.05) is 97.9 Å². The van der Waals surface area contributed by atoms with Gasteiger partial charge in [0.25, 0.3) is 0 Å². The molecule has 0 aliphatic rings. The molecule has 38 heavy (non-hydrogen) atoms. The van der Waals surface area contributed by atoms with Gasteiger partial charge in [-0.3, -0.25) is 0 Å². The van der Waals surface area contributed by atoms with Crippen molar-refractivity contribution in [3.8, 4) is 34.0 Å². The molecule has 8 heteroatoms. The van der Waals surface area contributed by atoms with Crippen molar-refractivity contribution in [3.05, 3.63) is 109 Å². The van der Waals surface area contributed by atoms with Crippen molar-refractivity contribution in [2.75, 3.05) is 6.61 Å². The standard InChI is InChI=1S/C30H24N6OS/c1-2-37-27-18-17-21(19-26(27)36-34-24-15-9-10-16-25(24)35-36)20-38-30-31-28(22-11-5-3-6-12-22)29(32-33-30)23-13-7-4-8-14-23/h3-19H,2,20H2,1H3. The van der Waals surface area contributed by atoms with Crippen molar-refractivity contribution in [1.29, 1.82) is 0 Å². The van der Waals surface area contributed by atoms with E-state index >= 15 is 0 Å². The Hall–Kier alpha value is -4.56. The predicted molar refractivity (Wildman–Crippen MR) is 150 cm³/mol. The molecule has 0 spiro atoms. The van der Waals surface area contributed by atoms with Crippen LogP contribution >= 0.6 is 11.8 Å². The molecule has 0 atom stereocenters. The molecular formula is C30H24N6OS. The second-order valence-corrected chi connectivity index (χ2v) is 9.47. The van der Waals surface area contributed by atoms with Crippen LogP contribution < -0.4 is 4.74 Å². The molecule has 2 heterocycles. The summed E-state index contributed by atoms with van der Waals surface area (Å²) >= 11 is 1.54. The SMILES string of the molecule is CCOc1ccc(CSc2nnc(-c3ccccc3)c(-c3ccccc3)n2)cc1-n1nc2ccccc2n1. The largest absolute Gasteiger partial charge is 0.492 e. The van der Waals surface area contributed by atoms with Crippen LogP contribution in [0.4, 0.5) is 0 Å². The number of aromatic nitrogens is 6. The molecule has 0 unspecified atom stereocenters. The summed E-state index contributed by atoms with van der Waals surface area (Å²) in [7, 11) is 0. The molecule has 0 aliphatic heterocycles. The van der Waals surface area contributed by atoms with Gasteiger partial charge in [-0.1, -0.05) is 90.6 Å². The maximum absolute atomic E-state index is 5.88. The first-order valence-corrected chi connectivity index (χ1v) is 13.3. The number of benzene rings is 4. The molecule has 0 N–H and O–H groups in total. The van der Waals surface area contributed by atoms with E-state index < -0.39 is 0 Å². The first-order chi connectivity index (χ1) is 18.8. The van der Waals surface area contributed by atoms with E-state index in [0.717, 1.165) is 50.5 Å². The number of hydrogen-bond acceptors (Lipinski definition) is 7. The Morgan fingerprint density at radius 1 is 0.711 bits per heavy atom. The first kappa shape index (κ1) is 23.8. The van der Waals surface area contributed by atoms with Crippen LogP contribution in [-0.2, 0) is 5.75 Å². The minimum absolute atomic E-state index is 0.553. The highest BCUT2D eigenvalue weighted by molar-refractivity contribution is 7.98. The van der Waals surface area contributed by atoms with Gasteiger partial charge in [-0.05, 0) is 36.8 Å². The first-order valence-electron chi connectivity index (χ1n) is 12.3. The summed E-state index contributed by atoms with van der Waals surface area (Å²) in [5.74, 6) is 1.39. The molecule has 186 valence electrons. The topological polar surface area (TPSA) is 78.6 Å². The lowest BCUT2D eigenvalue weighted by Crippen LogP contribution is -2.04. The van der Waals surface area contributed by atoms with E-state index in [0.29, 0.717) is 17.5 Å². The maximum Gasteiger partial charge on any atom is 0.210 e.